The predicted molar refractivity (Wildman–Crippen MR) is 58.2 cm³/mol. The first-order valence-electron chi connectivity index (χ1n) is 5.48. The van der Waals surface area contributed by atoms with Gasteiger partial charge in [-0.05, 0) is 36.2 Å². The van der Waals surface area contributed by atoms with Gasteiger partial charge in [0.05, 0.1) is 5.69 Å². The molecule has 1 aliphatic carbocycles. The van der Waals surface area contributed by atoms with E-state index in [0.29, 0.717) is 5.41 Å². The van der Waals surface area contributed by atoms with Crippen LogP contribution in [0.5, 0.6) is 0 Å². The third kappa shape index (κ3) is 1.70. The van der Waals surface area contributed by atoms with Gasteiger partial charge in [0.1, 0.15) is 0 Å². The molecule has 1 unspecified atom stereocenters. The van der Waals surface area contributed by atoms with Gasteiger partial charge in [0.25, 0.3) is 0 Å². The molecular weight excluding hydrogens is 172 g/mol. The maximum absolute atomic E-state index is 4.48. The highest BCUT2D eigenvalue weighted by Gasteiger charge is 2.29. The Hall–Kier alpha value is -0.790. The van der Waals surface area contributed by atoms with Gasteiger partial charge >= 0.3 is 0 Å². The van der Waals surface area contributed by atoms with E-state index >= 15 is 0 Å². The summed E-state index contributed by atoms with van der Waals surface area (Å²) >= 11 is 0. The summed E-state index contributed by atoms with van der Waals surface area (Å²) in [6.45, 7) is 7.04. The molecule has 0 amide bonds. The standard InChI is InChI=1S/C12H20N2/c1-12(2,3)10-5-6-11-9(7-10)8-14(4)13-11/h8,10H,5-7H2,1-4H3. The summed E-state index contributed by atoms with van der Waals surface area (Å²) in [4.78, 5) is 0. The molecule has 0 saturated carbocycles. The van der Waals surface area contributed by atoms with Gasteiger partial charge in [0.15, 0.2) is 0 Å². The molecule has 0 saturated heterocycles. The molecule has 78 valence electrons. The largest absolute Gasteiger partial charge is 0.275 e. The summed E-state index contributed by atoms with van der Waals surface area (Å²) < 4.78 is 1.95. The Balaban J connectivity index is 2.21. The predicted octanol–water partition coefficient (Wildman–Crippen LogP) is 2.57. The number of nitrogens with zero attached hydrogens (tertiary/aromatic N) is 2. The Bertz CT molecular complexity index is 331. The number of aromatic nitrogens is 2. The highest BCUT2D eigenvalue weighted by Crippen LogP contribution is 2.36. The average molecular weight is 192 g/mol. The van der Waals surface area contributed by atoms with Crippen LogP contribution in [0.1, 0.15) is 38.4 Å². The second-order valence-corrected chi connectivity index (χ2v) is 5.58. The first-order chi connectivity index (χ1) is 6.47. The average Bonchev–Trinajstić information content (AvgIpc) is 2.41. The van der Waals surface area contributed by atoms with Crippen LogP contribution in [0.2, 0.25) is 0 Å². The molecule has 0 bridgehead atoms. The van der Waals surface area contributed by atoms with Crippen LogP contribution >= 0.6 is 0 Å². The van der Waals surface area contributed by atoms with Crippen LogP contribution in [0.3, 0.4) is 0 Å². The Morgan fingerprint density at radius 2 is 2.14 bits per heavy atom. The van der Waals surface area contributed by atoms with Crippen molar-refractivity contribution in [3.63, 3.8) is 0 Å². The van der Waals surface area contributed by atoms with Crippen LogP contribution in [0.4, 0.5) is 0 Å². The lowest BCUT2D eigenvalue weighted by atomic mass is 9.72. The second-order valence-electron chi connectivity index (χ2n) is 5.58. The van der Waals surface area contributed by atoms with E-state index in [0.717, 1.165) is 12.3 Å². The van der Waals surface area contributed by atoms with Crippen LogP contribution in [-0.2, 0) is 19.9 Å². The number of hydrogen-bond donors (Lipinski definition) is 0. The van der Waals surface area contributed by atoms with E-state index in [1.165, 1.54) is 24.1 Å². The monoisotopic (exact) mass is 192 g/mol. The minimum absolute atomic E-state index is 0.438. The van der Waals surface area contributed by atoms with Crippen molar-refractivity contribution in [1.29, 1.82) is 0 Å². The molecular formula is C12H20N2. The van der Waals surface area contributed by atoms with Gasteiger partial charge in [0.2, 0.25) is 0 Å². The van der Waals surface area contributed by atoms with Crippen molar-refractivity contribution in [1.82, 2.24) is 9.78 Å². The lowest BCUT2D eigenvalue weighted by Crippen LogP contribution is -2.26. The molecule has 1 aliphatic rings. The minimum Gasteiger partial charge on any atom is -0.275 e. The molecule has 1 atom stereocenters. The molecule has 1 heterocycles. The van der Waals surface area contributed by atoms with E-state index in [1.54, 1.807) is 0 Å². The van der Waals surface area contributed by atoms with Crippen molar-refractivity contribution in [2.24, 2.45) is 18.4 Å². The molecule has 14 heavy (non-hydrogen) atoms. The first-order valence-corrected chi connectivity index (χ1v) is 5.48. The van der Waals surface area contributed by atoms with Crippen LogP contribution in [0.15, 0.2) is 6.20 Å². The molecule has 0 aliphatic heterocycles. The Kier molecular flexibility index (Phi) is 2.17. The fraction of sp³-hybridized carbons (Fsp3) is 0.750. The van der Waals surface area contributed by atoms with Crippen molar-refractivity contribution in [2.75, 3.05) is 0 Å². The Labute approximate surface area is 86.3 Å². The van der Waals surface area contributed by atoms with Crippen LogP contribution in [-0.4, -0.2) is 9.78 Å². The highest BCUT2D eigenvalue weighted by atomic mass is 15.2. The van der Waals surface area contributed by atoms with Gasteiger partial charge in [0, 0.05) is 13.2 Å². The van der Waals surface area contributed by atoms with Crippen LogP contribution in [0, 0.1) is 11.3 Å². The SMILES string of the molecule is Cn1cc2c(n1)CCC(C(C)(C)C)C2. The zero-order chi connectivity index (χ0) is 10.3. The maximum Gasteiger partial charge on any atom is 0.0656 e. The number of rotatable bonds is 0. The Morgan fingerprint density at radius 3 is 2.79 bits per heavy atom. The maximum atomic E-state index is 4.48. The van der Waals surface area contributed by atoms with E-state index in [9.17, 15) is 0 Å². The normalized spacial score (nSPS) is 22.1. The molecule has 1 aromatic rings. The minimum atomic E-state index is 0.438. The first kappa shape index (κ1) is 9.75. The summed E-state index contributed by atoms with van der Waals surface area (Å²) in [7, 11) is 2.02. The van der Waals surface area contributed by atoms with Gasteiger partial charge in [-0.25, -0.2) is 0 Å². The molecule has 2 nitrogen and oxygen atoms in total. The summed E-state index contributed by atoms with van der Waals surface area (Å²) in [5.41, 5.74) is 3.24. The van der Waals surface area contributed by atoms with Crippen LogP contribution in [0.25, 0.3) is 0 Å². The van der Waals surface area contributed by atoms with Gasteiger partial charge in [-0.3, -0.25) is 4.68 Å². The van der Waals surface area contributed by atoms with Gasteiger partial charge in [-0.1, -0.05) is 20.8 Å². The van der Waals surface area contributed by atoms with Crippen molar-refractivity contribution < 1.29 is 0 Å². The van der Waals surface area contributed by atoms with E-state index < -0.39 is 0 Å². The molecule has 0 radical (unpaired) electrons. The number of fused-ring (bicyclic) bond motifs is 1. The summed E-state index contributed by atoms with van der Waals surface area (Å²) in [5.74, 6) is 0.819. The Morgan fingerprint density at radius 1 is 1.43 bits per heavy atom. The third-order valence-electron chi connectivity index (χ3n) is 3.41. The topological polar surface area (TPSA) is 17.8 Å². The molecule has 0 spiro atoms. The summed E-state index contributed by atoms with van der Waals surface area (Å²) in [5, 5.41) is 4.48. The number of aryl methyl sites for hydroxylation is 2. The van der Waals surface area contributed by atoms with Crippen molar-refractivity contribution in [3.05, 3.63) is 17.5 Å². The molecule has 0 aromatic carbocycles. The smallest absolute Gasteiger partial charge is 0.0656 e. The quantitative estimate of drug-likeness (QED) is 0.617. The molecule has 1 aromatic heterocycles. The van der Waals surface area contributed by atoms with Crippen molar-refractivity contribution in [2.45, 2.75) is 40.0 Å². The molecule has 0 fully saturated rings. The fourth-order valence-electron chi connectivity index (χ4n) is 2.38. The zero-order valence-corrected chi connectivity index (χ0v) is 9.67. The van der Waals surface area contributed by atoms with E-state index in [-0.39, 0.29) is 0 Å². The summed E-state index contributed by atoms with van der Waals surface area (Å²) in [6.07, 6.45) is 5.87. The molecule has 0 N–H and O–H groups in total. The van der Waals surface area contributed by atoms with Crippen molar-refractivity contribution in [3.8, 4) is 0 Å². The lowest BCUT2D eigenvalue weighted by molar-refractivity contribution is 0.215. The van der Waals surface area contributed by atoms with Crippen molar-refractivity contribution >= 4 is 0 Å². The van der Waals surface area contributed by atoms with Crippen LogP contribution < -0.4 is 0 Å². The molecule has 2 rings (SSSR count). The number of hydrogen-bond acceptors (Lipinski definition) is 1. The van der Waals surface area contributed by atoms with E-state index in [4.69, 9.17) is 0 Å². The summed E-state index contributed by atoms with van der Waals surface area (Å²) in [6, 6.07) is 0. The second kappa shape index (κ2) is 3.11. The lowest BCUT2D eigenvalue weighted by Gasteiger charge is -2.33. The van der Waals surface area contributed by atoms with E-state index in [1.807, 2.05) is 11.7 Å². The zero-order valence-electron chi connectivity index (χ0n) is 9.67. The van der Waals surface area contributed by atoms with E-state index in [2.05, 4.69) is 32.1 Å². The van der Waals surface area contributed by atoms with Gasteiger partial charge in [-0.15, -0.1) is 0 Å². The van der Waals surface area contributed by atoms with Gasteiger partial charge < -0.3 is 0 Å². The fourth-order valence-corrected chi connectivity index (χ4v) is 2.38. The highest BCUT2D eigenvalue weighted by molar-refractivity contribution is 5.21. The third-order valence-corrected chi connectivity index (χ3v) is 3.41. The van der Waals surface area contributed by atoms with Gasteiger partial charge in [-0.2, -0.15) is 5.10 Å². The molecule has 2 heteroatoms.